The molecule has 0 bridgehead atoms. The number of carbonyl (C=O) groups excluding carboxylic acids is 1. The van der Waals surface area contributed by atoms with Gasteiger partial charge in [0.2, 0.25) is 5.91 Å². The molecule has 1 aromatic rings. The molecule has 2 N–H and O–H groups in total. The number of hydrogen-bond acceptors (Lipinski definition) is 4. The predicted octanol–water partition coefficient (Wildman–Crippen LogP) is -0.585. The summed E-state index contributed by atoms with van der Waals surface area (Å²) in [5.74, 6) is -0.0172. The van der Waals surface area contributed by atoms with Gasteiger partial charge in [-0.05, 0) is 12.1 Å². The number of nitrogens with zero attached hydrogens (tertiary/aromatic N) is 2. The molecule has 2 atom stereocenters. The first kappa shape index (κ1) is 12.0. The van der Waals surface area contributed by atoms with Gasteiger partial charge in [-0.3, -0.25) is 9.78 Å². The van der Waals surface area contributed by atoms with Crippen LogP contribution in [0, 0.1) is 0 Å². The topological polar surface area (TPSA) is 65.5 Å². The van der Waals surface area contributed by atoms with Crippen molar-refractivity contribution in [3.05, 3.63) is 30.1 Å². The Hall–Kier alpha value is -1.46. The molecular weight excluding hydrogens is 218 g/mol. The summed E-state index contributed by atoms with van der Waals surface area (Å²) in [6, 6.07) is 5.38. The highest BCUT2D eigenvalue weighted by atomic mass is 16.3. The van der Waals surface area contributed by atoms with Crippen LogP contribution in [0.1, 0.15) is 5.69 Å². The molecule has 0 spiro atoms. The van der Waals surface area contributed by atoms with E-state index in [-0.39, 0.29) is 18.4 Å². The lowest BCUT2D eigenvalue weighted by Gasteiger charge is -2.26. The maximum atomic E-state index is 12.0. The molecular formula is C12H17N3O2. The first-order valence-corrected chi connectivity index (χ1v) is 5.73. The van der Waals surface area contributed by atoms with E-state index in [0.29, 0.717) is 13.1 Å². The second-order valence-electron chi connectivity index (χ2n) is 4.30. The lowest BCUT2D eigenvalue weighted by atomic mass is 10.1. The number of carbonyl (C=O) groups is 1. The molecule has 1 aromatic heterocycles. The van der Waals surface area contributed by atoms with E-state index in [0.717, 1.165) is 5.69 Å². The van der Waals surface area contributed by atoms with Gasteiger partial charge in [0.05, 0.1) is 18.6 Å². The first-order chi connectivity index (χ1) is 8.18. The zero-order chi connectivity index (χ0) is 12.3. The zero-order valence-electron chi connectivity index (χ0n) is 9.84. The lowest BCUT2D eigenvalue weighted by molar-refractivity contribution is -0.132. The molecule has 92 valence electrons. The van der Waals surface area contributed by atoms with Gasteiger partial charge in [-0.1, -0.05) is 6.07 Å². The summed E-state index contributed by atoms with van der Waals surface area (Å²) in [6.07, 6.45) is 1.47. The van der Waals surface area contributed by atoms with Gasteiger partial charge in [-0.25, -0.2) is 0 Å². The van der Waals surface area contributed by atoms with Crippen LogP contribution < -0.4 is 5.32 Å². The highest BCUT2D eigenvalue weighted by molar-refractivity contribution is 5.78. The first-order valence-electron chi connectivity index (χ1n) is 5.73. The average molecular weight is 235 g/mol. The summed E-state index contributed by atoms with van der Waals surface area (Å²) in [5.41, 5.74) is 0.754. The van der Waals surface area contributed by atoms with E-state index in [1.807, 2.05) is 18.2 Å². The minimum Gasteiger partial charge on any atom is -0.390 e. The quantitative estimate of drug-likeness (QED) is 0.735. The largest absolute Gasteiger partial charge is 0.390 e. The molecule has 1 aliphatic rings. The zero-order valence-corrected chi connectivity index (χ0v) is 9.84. The molecule has 1 amide bonds. The highest BCUT2D eigenvalue weighted by Gasteiger charge is 2.30. The van der Waals surface area contributed by atoms with Gasteiger partial charge in [-0.15, -0.1) is 0 Å². The van der Waals surface area contributed by atoms with Gasteiger partial charge in [-0.2, -0.15) is 0 Å². The van der Waals surface area contributed by atoms with E-state index >= 15 is 0 Å². The van der Waals surface area contributed by atoms with Crippen LogP contribution in [0.25, 0.3) is 0 Å². The van der Waals surface area contributed by atoms with Crippen molar-refractivity contribution >= 4 is 5.91 Å². The fourth-order valence-electron chi connectivity index (χ4n) is 2.01. The molecule has 5 nitrogen and oxygen atoms in total. The van der Waals surface area contributed by atoms with E-state index in [1.165, 1.54) is 0 Å². The number of pyridine rings is 1. The number of amides is 1. The van der Waals surface area contributed by atoms with Gasteiger partial charge in [0.15, 0.2) is 0 Å². The van der Waals surface area contributed by atoms with Crippen LogP contribution in [-0.2, 0) is 11.2 Å². The Morgan fingerprint density at radius 1 is 1.59 bits per heavy atom. The lowest BCUT2D eigenvalue weighted by Crippen LogP contribution is -2.44. The average Bonchev–Trinajstić information content (AvgIpc) is 2.76. The molecule has 17 heavy (non-hydrogen) atoms. The molecule has 0 radical (unpaired) electrons. The van der Waals surface area contributed by atoms with E-state index in [1.54, 1.807) is 18.1 Å². The third kappa shape index (κ3) is 2.81. The third-order valence-electron chi connectivity index (χ3n) is 3.10. The molecule has 1 saturated heterocycles. The number of likely N-dealkylation sites (N-methyl/N-ethyl adjacent to an activating group) is 1. The summed E-state index contributed by atoms with van der Waals surface area (Å²) >= 11 is 0. The van der Waals surface area contributed by atoms with E-state index in [2.05, 4.69) is 10.3 Å². The van der Waals surface area contributed by atoms with Gasteiger partial charge in [0.25, 0.3) is 0 Å². The molecule has 2 rings (SSSR count). The van der Waals surface area contributed by atoms with E-state index in [9.17, 15) is 9.90 Å². The van der Waals surface area contributed by atoms with Gasteiger partial charge >= 0.3 is 0 Å². The van der Waals surface area contributed by atoms with Crippen molar-refractivity contribution in [1.29, 1.82) is 0 Å². The Balaban J connectivity index is 1.96. The third-order valence-corrected chi connectivity index (χ3v) is 3.10. The van der Waals surface area contributed by atoms with Crippen LogP contribution >= 0.6 is 0 Å². The maximum Gasteiger partial charge on any atom is 0.228 e. The van der Waals surface area contributed by atoms with Crippen LogP contribution in [0.4, 0.5) is 0 Å². The van der Waals surface area contributed by atoms with Crippen molar-refractivity contribution in [2.24, 2.45) is 0 Å². The minimum absolute atomic E-state index is 0.0172. The normalized spacial score (nSPS) is 23.6. The number of aliphatic hydroxyl groups excluding tert-OH is 1. The van der Waals surface area contributed by atoms with Crippen molar-refractivity contribution in [1.82, 2.24) is 15.2 Å². The molecule has 1 aliphatic heterocycles. The summed E-state index contributed by atoms with van der Waals surface area (Å²) in [5, 5.41) is 12.8. The van der Waals surface area contributed by atoms with Crippen molar-refractivity contribution in [2.45, 2.75) is 18.6 Å². The maximum absolute atomic E-state index is 12.0. The Kier molecular flexibility index (Phi) is 3.71. The molecule has 0 saturated carbocycles. The smallest absolute Gasteiger partial charge is 0.228 e. The molecule has 1 fully saturated rings. The summed E-state index contributed by atoms with van der Waals surface area (Å²) in [4.78, 5) is 17.7. The fourth-order valence-corrected chi connectivity index (χ4v) is 2.01. The standard InChI is InChI=1S/C12H17N3O2/c1-15(10-7-13-8-11(10)16)12(17)6-9-4-2-3-5-14-9/h2-5,10-11,13,16H,6-8H2,1H3/t10-,11-/m0/s1. The summed E-state index contributed by atoms with van der Waals surface area (Å²) in [6.45, 7) is 1.19. The van der Waals surface area contributed by atoms with Crippen LogP contribution in [0.2, 0.25) is 0 Å². The molecule has 5 heteroatoms. The monoisotopic (exact) mass is 235 g/mol. The Labute approximate surface area is 100 Å². The SMILES string of the molecule is CN(C(=O)Cc1ccccn1)[C@H]1CNC[C@@H]1O. The molecule has 0 unspecified atom stereocenters. The Morgan fingerprint density at radius 2 is 2.41 bits per heavy atom. The molecule has 0 aliphatic carbocycles. The predicted molar refractivity (Wildman–Crippen MR) is 63.4 cm³/mol. The van der Waals surface area contributed by atoms with Crippen molar-refractivity contribution in [2.75, 3.05) is 20.1 Å². The van der Waals surface area contributed by atoms with Crippen molar-refractivity contribution in [3.8, 4) is 0 Å². The van der Waals surface area contributed by atoms with Gasteiger partial charge in [0.1, 0.15) is 0 Å². The fraction of sp³-hybridized carbons (Fsp3) is 0.500. The van der Waals surface area contributed by atoms with Crippen molar-refractivity contribution < 1.29 is 9.90 Å². The molecule has 2 heterocycles. The summed E-state index contributed by atoms with van der Waals surface area (Å²) in [7, 11) is 1.73. The Bertz CT molecular complexity index is 383. The number of aliphatic hydroxyl groups is 1. The number of nitrogens with one attached hydrogen (secondary N) is 1. The van der Waals surface area contributed by atoms with Crippen molar-refractivity contribution in [3.63, 3.8) is 0 Å². The second-order valence-corrected chi connectivity index (χ2v) is 4.30. The summed E-state index contributed by atoms with van der Waals surface area (Å²) < 4.78 is 0. The van der Waals surface area contributed by atoms with Gasteiger partial charge < -0.3 is 15.3 Å². The van der Waals surface area contributed by atoms with Crippen LogP contribution in [0.5, 0.6) is 0 Å². The van der Waals surface area contributed by atoms with Crippen LogP contribution in [-0.4, -0.2) is 53.2 Å². The number of aromatic nitrogens is 1. The second kappa shape index (κ2) is 5.25. The molecule has 0 aromatic carbocycles. The van der Waals surface area contributed by atoms with Crippen LogP contribution in [0.15, 0.2) is 24.4 Å². The Morgan fingerprint density at radius 3 is 3.00 bits per heavy atom. The van der Waals surface area contributed by atoms with E-state index < -0.39 is 6.10 Å². The van der Waals surface area contributed by atoms with E-state index in [4.69, 9.17) is 0 Å². The number of β-amino-alcohol motifs (C(OH)–C–C–N with tert-alkyl or cyclic N) is 1. The van der Waals surface area contributed by atoms with Crippen LogP contribution in [0.3, 0.4) is 0 Å². The number of hydrogen-bond donors (Lipinski definition) is 2. The minimum atomic E-state index is -0.479. The highest BCUT2D eigenvalue weighted by Crippen LogP contribution is 2.09. The number of rotatable bonds is 3. The van der Waals surface area contributed by atoms with Gasteiger partial charge in [0, 0.05) is 32.0 Å².